The Hall–Kier alpha value is -2.63. The maximum Gasteiger partial charge on any atom is 0.442 e. The monoisotopic (exact) mass is 792 g/mol. The largest absolute Gasteiger partial charge is 0.442 e. The van der Waals surface area contributed by atoms with E-state index in [0.717, 1.165) is 6.07 Å². The second-order valence-electron chi connectivity index (χ2n) is 10.1. The minimum absolute atomic E-state index is 0.0206. The Morgan fingerprint density at radius 1 is 0.778 bits per heavy atom. The van der Waals surface area contributed by atoms with Crippen LogP contribution in [0.5, 0.6) is 5.75 Å². The lowest BCUT2D eigenvalue weighted by Crippen LogP contribution is -2.40. The van der Waals surface area contributed by atoms with Gasteiger partial charge in [0.05, 0.1) is 9.89 Å². The molecular weight excluding hydrogens is 770 g/mol. The summed E-state index contributed by atoms with van der Waals surface area (Å²) in [5.41, 5.74) is -5.07. The van der Waals surface area contributed by atoms with Crippen molar-refractivity contribution in [2.45, 2.75) is 30.1 Å². The molecule has 0 aliphatic heterocycles. The van der Waals surface area contributed by atoms with Crippen LogP contribution in [0, 0.1) is 0 Å². The van der Waals surface area contributed by atoms with E-state index in [1.54, 1.807) is 60.7 Å². The molecule has 0 fully saturated rings. The van der Waals surface area contributed by atoms with Gasteiger partial charge in [-0.3, -0.25) is 9.36 Å². The molecule has 4 aromatic carbocycles. The molecule has 0 radical (unpaired) electrons. The summed E-state index contributed by atoms with van der Waals surface area (Å²) in [7, 11) is -11.1. The molecule has 0 spiro atoms. The molecule has 0 saturated carbocycles. The topological polar surface area (TPSA) is 121 Å². The number of rotatable bonds is 12. The molecule has 7 nitrogen and oxygen atoms in total. The first-order chi connectivity index (χ1) is 21.0. The Bertz CT molecular complexity index is 1790. The number of carbonyl (C=O) groups excluding carboxylic acids is 1. The lowest BCUT2D eigenvalue weighted by Gasteiger charge is -2.34. The Labute approximate surface area is 272 Å². The zero-order valence-corrected chi connectivity index (χ0v) is 27.8. The first-order valence-electron chi connectivity index (χ1n) is 12.9. The van der Waals surface area contributed by atoms with E-state index in [1.807, 2.05) is 0 Å². The van der Waals surface area contributed by atoms with E-state index < -0.39 is 38.0 Å². The minimum atomic E-state index is -5.86. The Morgan fingerprint density at radius 2 is 1.29 bits per heavy atom. The van der Waals surface area contributed by atoms with Gasteiger partial charge in [0.2, 0.25) is 0 Å². The molecule has 4 aromatic rings. The summed E-state index contributed by atoms with van der Waals surface area (Å²) in [5, 5.41) is 0. The summed E-state index contributed by atoms with van der Waals surface area (Å²) in [6, 6.07) is 24.5. The van der Waals surface area contributed by atoms with Gasteiger partial charge in [-0.05, 0) is 63.7 Å². The van der Waals surface area contributed by atoms with Gasteiger partial charge in [-0.15, -0.1) is 0 Å². The van der Waals surface area contributed by atoms with E-state index in [2.05, 4.69) is 36.4 Å². The molecule has 15 heteroatoms. The third-order valence-electron chi connectivity index (χ3n) is 7.00. The van der Waals surface area contributed by atoms with Gasteiger partial charge in [-0.25, -0.2) is 4.57 Å². The van der Waals surface area contributed by atoms with Crippen LogP contribution in [0.1, 0.15) is 32.6 Å². The molecule has 0 bridgehead atoms. The van der Waals surface area contributed by atoms with Crippen molar-refractivity contribution in [2.24, 2.45) is 0 Å². The van der Waals surface area contributed by atoms with Gasteiger partial charge in [0.1, 0.15) is 5.75 Å². The van der Waals surface area contributed by atoms with Crippen molar-refractivity contribution in [1.82, 2.24) is 0 Å². The predicted octanol–water partition coefficient (Wildman–Crippen LogP) is 8.83. The van der Waals surface area contributed by atoms with Crippen LogP contribution in [0.3, 0.4) is 0 Å². The smallest absolute Gasteiger partial charge is 0.420 e. The maximum atomic E-state index is 14.6. The van der Waals surface area contributed by atoms with E-state index in [0.29, 0.717) is 22.3 Å². The highest BCUT2D eigenvalue weighted by atomic mass is 79.9. The number of hydrogen-bond donors (Lipinski definition) is 3. The number of hydrogen-bond acceptors (Lipinski definition) is 4. The normalized spacial score (nSPS) is 14.9. The number of carbonyl (C=O) groups is 1. The number of benzene rings is 4. The summed E-state index contributed by atoms with van der Waals surface area (Å²) in [5.74, 6) is -0.667. The molecule has 0 amide bonds. The number of alkyl halides is 4. The zero-order chi connectivity index (χ0) is 33.2. The van der Waals surface area contributed by atoms with Crippen molar-refractivity contribution < 1.29 is 50.7 Å². The minimum Gasteiger partial charge on any atom is -0.420 e. The Balaban J connectivity index is 1.87. The Morgan fingerprint density at radius 3 is 1.78 bits per heavy atom. The molecule has 238 valence electrons. The molecule has 0 aromatic heterocycles. The first kappa shape index (κ1) is 35.2. The van der Waals surface area contributed by atoms with E-state index in [-0.39, 0.29) is 33.3 Å². The lowest BCUT2D eigenvalue weighted by atomic mass is 9.67. The maximum absolute atomic E-state index is 14.6. The fourth-order valence-electron chi connectivity index (χ4n) is 4.86. The van der Waals surface area contributed by atoms with Gasteiger partial charge in [0.15, 0.2) is 5.78 Å². The van der Waals surface area contributed by atoms with Crippen molar-refractivity contribution >= 4 is 52.8 Å². The standard InChI is InChI=1S/C30H24Br2F4O7P2/c31-24-15-19(11-13-23(24)30(35,36)45(40,41)42)17-29(22-9-5-2-6-10-22,27(37)21-7-3-1-4-8-21)18-20-12-14-26(25(32)16-20)43-44(38,39)28(33)34/h1-16,28H,17-18H2,(H,38,39)(H2,40,41,42). The molecule has 0 saturated heterocycles. The Kier molecular flexibility index (Phi) is 10.7. The summed E-state index contributed by atoms with van der Waals surface area (Å²) in [6.45, 7) is 0. The summed E-state index contributed by atoms with van der Waals surface area (Å²) in [4.78, 5) is 42.5. The third-order valence-corrected chi connectivity index (χ3v) is 10.2. The van der Waals surface area contributed by atoms with E-state index in [9.17, 15) is 46.2 Å². The molecule has 4 rings (SSSR count). The van der Waals surface area contributed by atoms with Crippen LogP contribution in [0.25, 0.3) is 0 Å². The zero-order valence-electron chi connectivity index (χ0n) is 22.9. The van der Waals surface area contributed by atoms with Crippen molar-refractivity contribution in [1.29, 1.82) is 0 Å². The van der Waals surface area contributed by atoms with Gasteiger partial charge in [0, 0.05) is 15.6 Å². The summed E-state index contributed by atoms with van der Waals surface area (Å²) >= 11 is 6.20. The number of ketones is 1. The van der Waals surface area contributed by atoms with E-state index >= 15 is 0 Å². The van der Waals surface area contributed by atoms with Crippen LogP contribution in [0.15, 0.2) is 106 Å². The predicted molar refractivity (Wildman–Crippen MR) is 167 cm³/mol. The van der Waals surface area contributed by atoms with E-state index in [1.165, 1.54) is 30.3 Å². The average molecular weight is 794 g/mol. The highest BCUT2D eigenvalue weighted by molar-refractivity contribution is 9.10. The first-order valence-corrected chi connectivity index (χ1v) is 17.8. The molecule has 0 aliphatic rings. The van der Waals surface area contributed by atoms with Crippen LogP contribution < -0.4 is 4.52 Å². The molecular formula is C30H24Br2F4O7P2. The van der Waals surface area contributed by atoms with Crippen LogP contribution in [0.2, 0.25) is 0 Å². The van der Waals surface area contributed by atoms with Gasteiger partial charge in [0.25, 0.3) is 0 Å². The number of Topliss-reactive ketones (excluding diaryl/α,β-unsaturated/α-hetero) is 1. The van der Waals surface area contributed by atoms with Gasteiger partial charge >= 0.3 is 27.0 Å². The van der Waals surface area contributed by atoms with Crippen LogP contribution in [0.4, 0.5) is 17.6 Å². The van der Waals surface area contributed by atoms with Crippen molar-refractivity contribution in [2.75, 3.05) is 0 Å². The van der Waals surface area contributed by atoms with Crippen molar-refractivity contribution in [3.63, 3.8) is 0 Å². The summed E-state index contributed by atoms with van der Waals surface area (Å²) < 4.78 is 82.9. The second kappa shape index (κ2) is 13.6. The molecule has 3 N–H and O–H groups in total. The van der Waals surface area contributed by atoms with Crippen molar-refractivity contribution in [3.8, 4) is 5.75 Å². The molecule has 2 unspecified atom stereocenters. The van der Waals surface area contributed by atoms with Gasteiger partial charge in [-0.2, -0.15) is 17.6 Å². The second-order valence-corrected chi connectivity index (χ2v) is 15.2. The fraction of sp³-hybridized carbons (Fsp3) is 0.167. The third kappa shape index (κ3) is 7.68. The SMILES string of the molecule is O=C(c1ccccc1)C(Cc1ccc(OP(=O)(O)C(F)F)c(Br)c1)(Cc1ccc(C(F)(F)P(=O)(O)O)c(Br)c1)c1ccccc1. The number of halogens is 6. The summed E-state index contributed by atoms with van der Waals surface area (Å²) in [6.07, 6.45) is -3.73. The average Bonchev–Trinajstić information content (AvgIpc) is 2.98. The highest BCUT2D eigenvalue weighted by Gasteiger charge is 2.51. The molecule has 45 heavy (non-hydrogen) atoms. The van der Waals surface area contributed by atoms with Crippen molar-refractivity contribution in [3.05, 3.63) is 134 Å². The lowest BCUT2D eigenvalue weighted by molar-refractivity contribution is 0.0557. The molecule has 0 aliphatic carbocycles. The van der Waals surface area contributed by atoms with Gasteiger partial charge < -0.3 is 19.2 Å². The van der Waals surface area contributed by atoms with Crippen LogP contribution >= 0.6 is 47.1 Å². The molecule has 0 heterocycles. The fourth-order valence-corrected chi connectivity index (χ4v) is 7.35. The highest BCUT2D eigenvalue weighted by Crippen LogP contribution is 2.60. The quantitative estimate of drug-likeness (QED) is 0.0745. The molecule has 2 atom stereocenters. The van der Waals surface area contributed by atoms with Gasteiger partial charge in [-0.1, -0.05) is 94.8 Å². The van der Waals surface area contributed by atoms with Crippen LogP contribution in [-0.4, -0.2) is 26.6 Å². The van der Waals surface area contributed by atoms with E-state index in [4.69, 9.17) is 0 Å². The van der Waals surface area contributed by atoms with Crippen LogP contribution in [-0.2, 0) is 33.1 Å².